The van der Waals surface area contributed by atoms with E-state index in [9.17, 15) is 29.7 Å². The first-order valence-corrected chi connectivity index (χ1v) is 13.6. The molecule has 5 rings (SSSR count). The van der Waals surface area contributed by atoms with Gasteiger partial charge >= 0.3 is 5.97 Å². The van der Waals surface area contributed by atoms with Crippen molar-refractivity contribution in [2.24, 2.45) is 5.16 Å². The first kappa shape index (κ1) is 28.3. The van der Waals surface area contributed by atoms with E-state index >= 15 is 0 Å². The summed E-state index contributed by atoms with van der Waals surface area (Å²) in [4.78, 5) is 48.0. The molecule has 1 atom stereocenters. The number of hydrogen-bond donors (Lipinski definition) is 5. The summed E-state index contributed by atoms with van der Waals surface area (Å²) in [7, 11) is 0. The number of carboxylic acids is 1. The minimum atomic E-state index is -1.71. The number of β-lactam (4-membered cyclic amide) rings is 1. The van der Waals surface area contributed by atoms with Crippen LogP contribution >= 0.6 is 11.3 Å². The van der Waals surface area contributed by atoms with E-state index in [1.54, 1.807) is 12.1 Å². The fourth-order valence-corrected chi connectivity index (χ4v) is 4.75. The van der Waals surface area contributed by atoms with E-state index in [-0.39, 0.29) is 40.5 Å². The lowest BCUT2D eigenvalue weighted by Crippen LogP contribution is -2.65. The highest BCUT2D eigenvalue weighted by molar-refractivity contribution is 7.13. The second-order valence-electron chi connectivity index (χ2n) is 10.1. The third-order valence-corrected chi connectivity index (χ3v) is 7.34. The Kier molecular flexibility index (Phi) is 7.39. The van der Waals surface area contributed by atoms with E-state index in [2.05, 4.69) is 15.5 Å². The van der Waals surface area contributed by atoms with Crippen molar-refractivity contribution in [3.05, 3.63) is 71.4 Å². The lowest BCUT2D eigenvalue weighted by molar-refractivity contribution is -0.662. The number of phenolic OH excluding ortho intramolecular Hbond substituents is 2. The van der Waals surface area contributed by atoms with Crippen LogP contribution in [0.1, 0.15) is 25.1 Å². The number of nitrogens with one attached hydrogen (secondary N) is 1. The summed E-state index contributed by atoms with van der Waals surface area (Å²) in [5.41, 5.74) is 6.09. The van der Waals surface area contributed by atoms with Crippen molar-refractivity contribution in [1.82, 2.24) is 10.3 Å². The monoisotopic (exact) mass is 591 g/mol. The van der Waals surface area contributed by atoms with Crippen LogP contribution in [0.4, 0.5) is 10.8 Å². The van der Waals surface area contributed by atoms with Gasteiger partial charge in [0.1, 0.15) is 11.7 Å². The van der Waals surface area contributed by atoms with E-state index in [1.165, 1.54) is 36.3 Å². The van der Waals surface area contributed by atoms with Crippen molar-refractivity contribution < 1.29 is 39.1 Å². The summed E-state index contributed by atoms with van der Waals surface area (Å²) in [6, 6.07) is 13.2. The molecule has 2 aromatic heterocycles. The number of nitrogens with two attached hydrogens (primary N) is 1. The molecule has 42 heavy (non-hydrogen) atoms. The average molecular weight is 592 g/mol. The Balaban J connectivity index is 1.25. The Labute approximate surface area is 243 Å². The first-order chi connectivity index (χ1) is 19.9. The number of aliphatic carboxylic acids is 1. The van der Waals surface area contributed by atoms with E-state index in [1.807, 2.05) is 35.0 Å². The normalized spacial score (nSPS) is 15.4. The first-order valence-electron chi connectivity index (χ1n) is 12.7. The topological polar surface area (TPSA) is 192 Å². The van der Waals surface area contributed by atoms with Gasteiger partial charge in [0.05, 0.1) is 18.0 Å². The van der Waals surface area contributed by atoms with E-state index in [0.717, 1.165) is 27.8 Å². The molecule has 2 amide bonds. The molecule has 1 aliphatic heterocycles. The lowest BCUT2D eigenvalue weighted by atomic mass is 10.0. The number of amides is 2. The molecule has 0 aliphatic carbocycles. The van der Waals surface area contributed by atoms with E-state index in [4.69, 9.17) is 10.6 Å². The van der Waals surface area contributed by atoms with Gasteiger partial charge in [0.15, 0.2) is 35.1 Å². The number of phenols is 2. The summed E-state index contributed by atoms with van der Waals surface area (Å²) in [5, 5.41) is 37.8. The Morgan fingerprint density at radius 1 is 1.21 bits per heavy atom. The Bertz CT molecular complexity index is 1730. The third kappa shape index (κ3) is 5.65. The molecule has 3 heterocycles. The van der Waals surface area contributed by atoms with Crippen LogP contribution < -0.4 is 20.5 Å². The minimum absolute atomic E-state index is 0.0893. The maximum atomic E-state index is 13.0. The van der Waals surface area contributed by atoms with E-state index in [0.29, 0.717) is 12.2 Å². The second-order valence-corrected chi connectivity index (χ2v) is 11.0. The van der Waals surface area contributed by atoms with E-state index < -0.39 is 23.5 Å². The van der Waals surface area contributed by atoms with Crippen LogP contribution in [-0.2, 0) is 25.8 Å². The maximum absolute atomic E-state index is 13.0. The SMILES string of the molecule is CC(C)(ON=C(C(=O)NC1CN(c2ccc(C[n+]3cccc4cc(O)c(O)cc43)cc2)C1=O)c1csc(N)n1)C(=O)O. The molecule has 1 saturated heterocycles. The summed E-state index contributed by atoms with van der Waals surface area (Å²) in [5.74, 6) is -2.78. The molecular formula is C28H27N6O7S+. The van der Waals surface area contributed by atoms with Crippen LogP contribution in [0, 0.1) is 0 Å². The highest BCUT2D eigenvalue weighted by atomic mass is 32.1. The van der Waals surface area contributed by atoms with Crippen LogP contribution in [0.25, 0.3) is 10.9 Å². The number of benzene rings is 2. The molecule has 6 N–H and O–H groups in total. The number of anilines is 2. The summed E-state index contributed by atoms with van der Waals surface area (Å²) < 4.78 is 1.93. The van der Waals surface area contributed by atoms with Crippen molar-refractivity contribution in [2.45, 2.75) is 32.0 Å². The Morgan fingerprint density at radius 2 is 1.93 bits per heavy atom. The third-order valence-electron chi connectivity index (χ3n) is 6.67. The van der Waals surface area contributed by atoms with Crippen LogP contribution in [0.3, 0.4) is 0 Å². The van der Waals surface area contributed by atoms with Gasteiger partial charge in [-0.15, -0.1) is 11.3 Å². The number of rotatable bonds is 9. The predicted octanol–water partition coefficient (Wildman–Crippen LogP) is 1.74. The van der Waals surface area contributed by atoms with Gasteiger partial charge < -0.3 is 36.1 Å². The number of fused-ring (bicyclic) bond motifs is 1. The highest BCUT2D eigenvalue weighted by Crippen LogP contribution is 2.29. The van der Waals surface area contributed by atoms with Gasteiger partial charge in [-0.3, -0.25) is 9.59 Å². The highest BCUT2D eigenvalue weighted by Gasteiger charge is 2.40. The summed E-state index contributed by atoms with van der Waals surface area (Å²) >= 11 is 1.07. The number of aromatic nitrogens is 2. The molecule has 14 heteroatoms. The molecule has 216 valence electrons. The van der Waals surface area contributed by atoms with Crippen molar-refractivity contribution in [1.29, 1.82) is 0 Å². The van der Waals surface area contributed by atoms with Gasteiger partial charge in [0.2, 0.25) is 11.1 Å². The van der Waals surface area contributed by atoms with Crippen LogP contribution in [-0.4, -0.2) is 62.0 Å². The maximum Gasteiger partial charge on any atom is 0.350 e. The van der Waals surface area contributed by atoms with Gasteiger partial charge in [-0.1, -0.05) is 17.3 Å². The summed E-state index contributed by atoms with van der Waals surface area (Å²) in [6.45, 7) is 3.25. The molecule has 1 unspecified atom stereocenters. The smallest absolute Gasteiger partial charge is 0.350 e. The zero-order chi connectivity index (χ0) is 30.2. The summed E-state index contributed by atoms with van der Waals surface area (Å²) in [6.07, 6.45) is 1.87. The number of pyridine rings is 1. The molecular weight excluding hydrogens is 564 g/mol. The number of thiazole rings is 1. The number of carboxylic acid groups (broad SMARTS) is 1. The van der Waals surface area contributed by atoms with Crippen molar-refractivity contribution in [3.8, 4) is 11.5 Å². The zero-order valence-electron chi connectivity index (χ0n) is 22.5. The van der Waals surface area contributed by atoms with Gasteiger partial charge in [0.25, 0.3) is 11.8 Å². The molecule has 0 saturated carbocycles. The Hall–Kier alpha value is -5.24. The van der Waals surface area contributed by atoms with Crippen LogP contribution in [0.5, 0.6) is 11.5 Å². The average Bonchev–Trinajstić information content (AvgIpc) is 3.38. The number of nitrogens with zero attached hydrogens (tertiary/aromatic N) is 4. The van der Waals surface area contributed by atoms with Crippen molar-refractivity contribution in [2.75, 3.05) is 17.2 Å². The molecule has 4 aromatic rings. The molecule has 0 spiro atoms. The molecule has 2 aromatic carbocycles. The van der Waals surface area contributed by atoms with Gasteiger partial charge in [0, 0.05) is 22.7 Å². The lowest BCUT2D eigenvalue weighted by Gasteiger charge is -2.38. The number of nitrogen functional groups attached to an aromatic ring is 1. The molecule has 1 aliphatic rings. The molecule has 13 nitrogen and oxygen atoms in total. The van der Waals surface area contributed by atoms with Crippen LogP contribution in [0.15, 0.2) is 65.3 Å². The number of carbonyl (C=O) groups is 3. The minimum Gasteiger partial charge on any atom is -0.504 e. The van der Waals surface area contributed by atoms with Gasteiger partial charge in [-0.2, -0.15) is 4.57 Å². The van der Waals surface area contributed by atoms with Crippen molar-refractivity contribution >= 4 is 56.6 Å². The van der Waals surface area contributed by atoms with Gasteiger partial charge in [-0.05, 0) is 38.1 Å². The zero-order valence-corrected chi connectivity index (χ0v) is 23.3. The number of carbonyl (C=O) groups excluding carboxylic acids is 2. The number of aromatic hydroxyl groups is 2. The fraction of sp³-hybridized carbons (Fsp3) is 0.214. The predicted molar refractivity (Wildman–Crippen MR) is 153 cm³/mol. The fourth-order valence-electron chi connectivity index (χ4n) is 4.20. The van der Waals surface area contributed by atoms with Gasteiger partial charge in [-0.25, -0.2) is 9.78 Å². The quantitative estimate of drug-likeness (QED) is 0.0634. The molecule has 0 radical (unpaired) electrons. The van der Waals surface area contributed by atoms with Crippen LogP contribution in [0.2, 0.25) is 0 Å². The number of hydrogen-bond acceptors (Lipinski definition) is 10. The number of oxime groups is 1. The molecule has 1 fully saturated rings. The van der Waals surface area contributed by atoms with Crippen molar-refractivity contribution in [3.63, 3.8) is 0 Å². The molecule has 0 bridgehead atoms. The second kappa shape index (κ2) is 11.0. The standard InChI is InChI=1S/C28H26N6O7S/c1-28(2,26(39)40)41-32-23(19-14-42-27(29)31-19)24(37)30-18-13-34(25(18)38)17-7-5-15(6-8-17)12-33-9-3-4-16-10-21(35)22(36)11-20(16)33/h3-11,14,18H,12-13H2,1-2H3,(H5,29,30,31,35,37,39,40)/p+1. The Morgan fingerprint density at radius 3 is 2.57 bits per heavy atom. The largest absolute Gasteiger partial charge is 0.504 e.